The van der Waals surface area contributed by atoms with Crippen molar-refractivity contribution in [2.75, 3.05) is 32.2 Å². The second-order valence-electron chi connectivity index (χ2n) is 11.2. The number of hydrogen-bond donors (Lipinski definition) is 10. The molecule has 4 aromatic carbocycles. The summed E-state index contributed by atoms with van der Waals surface area (Å²) in [7, 11) is -15.6. The van der Waals surface area contributed by atoms with Crippen molar-refractivity contribution in [3.63, 3.8) is 0 Å². The van der Waals surface area contributed by atoms with E-state index in [0.717, 1.165) is 24.3 Å². The Morgan fingerprint density at radius 3 is 1.59 bits per heavy atom. The Morgan fingerprint density at radius 2 is 1.14 bits per heavy atom. The fourth-order valence-corrected chi connectivity index (χ4v) is 6.78. The SMILES string of the molecule is Nc1ccc(N=Nc2cc(OCCO)c(N=Nc3c(S(=O)(=O)O)cc4cc(S(=O)(=O)O)c(N=Nc5nnc(C(=O)O)[nH]5)c(O)c4c3O)cc2OCCO)c(S(=O)(=O)O)c1. The highest BCUT2D eigenvalue weighted by Gasteiger charge is 2.29. The predicted molar refractivity (Wildman–Crippen MR) is 195 cm³/mol. The number of aromatic hydroxyl groups is 2. The molecule has 0 spiro atoms. The lowest BCUT2D eigenvalue weighted by Gasteiger charge is -2.14. The Morgan fingerprint density at radius 1 is 0.661 bits per heavy atom. The quantitative estimate of drug-likeness (QED) is 0.0385. The number of aromatic carboxylic acids is 1. The standard InChI is InChI=1S/C29H26N10O17S3/c30-13-1-2-14(19(9-13)57(46,47)48)32-33-15-10-18(56-6-4-41)16(11-17(15)55-5-3-40)34-35-23-20(58(49,50)51)7-12-8-21(59(52,53)54)24(26(43)22(12)25(23)42)36-38-29-31-27(28(44)45)37-39-29/h1-2,7-11,40-43H,3-6,30H2,(H,44,45)(H,31,37,39)(H,46,47,48)(H,49,50,51)(H,52,53,54). The minimum atomic E-state index is -5.41. The lowest BCUT2D eigenvalue weighted by Crippen LogP contribution is -2.04. The van der Waals surface area contributed by atoms with E-state index in [1.165, 1.54) is 6.07 Å². The summed E-state index contributed by atoms with van der Waals surface area (Å²) in [5.41, 5.74) is 2.35. The lowest BCUT2D eigenvalue weighted by molar-refractivity contribution is 0.0684. The number of aliphatic hydroxyl groups is 2. The van der Waals surface area contributed by atoms with Crippen LogP contribution in [0.15, 0.2) is 87.8 Å². The van der Waals surface area contributed by atoms with Gasteiger partial charge in [-0.15, -0.1) is 40.9 Å². The molecule has 0 saturated heterocycles. The number of anilines is 1. The van der Waals surface area contributed by atoms with Crippen LogP contribution in [0.5, 0.6) is 23.0 Å². The second-order valence-corrected chi connectivity index (χ2v) is 15.4. The van der Waals surface area contributed by atoms with E-state index < -0.39 is 129 Å². The molecule has 27 nitrogen and oxygen atoms in total. The molecule has 11 N–H and O–H groups in total. The number of fused-ring (bicyclic) bond motifs is 1. The number of ether oxygens (including phenoxy) is 2. The van der Waals surface area contributed by atoms with Gasteiger partial charge in [-0.3, -0.25) is 18.6 Å². The Labute approximate surface area is 329 Å². The summed E-state index contributed by atoms with van der Waals surface area (Å²) in [4.78, 5) is 10.0. The number of aliphatic hydroxyl groups excluding tert-OH is 2. The Balaban J connectivity index is 1.72. The van der Waals surface area contributed by atoms with E-state index in [-0.39, 0.29) is 28.6 Å². The number of carboxylic acids is 1. The third-order valence-electron chi connectivity index (χ3n) is 7.25. The number of nitrogens with zero attached hydrogens (tertiary/aromatic N) is 8. The summed E-state index contributed by atoms with van der Waals surface area (Å²) in [6.07, 6.45) is 0. The zero-order valence-electron chi connectivity index (χ0n) is 29.0. The van der Waals surface area contributed by atoms with E-state index in [2.05, 4.69) is 45.9 Å². The molecule has 30 heteroatoms. The molecule has 0 aliphatic carbocycles. The highest BCUT2D eigenvalue weighted by molar-refractivity contribution is 7.86. The highest BCUT2D eigenvalue weighted by Crippen LogP contribution is 2.50. The van der Waals surface area contributed by atoms with E-state index in [1.54, 1.807) is 0 Å². The van der Waals surface area contributed by atoms with Crippen LogP contribution in [0.3, 0.4) is 0 Å². The molecule has 0 unspecified atom stereocenters. The van der Waals surface area contributed by atoms with E-state index in [4.69, 9.17) is 20.3 Å². The van der Waals surface area contributed by atoms with Gasteiger partial charge in [0.25, 0.3) is 36.3 Å². The molecule has 0 aliphatic heterocycles. The molecule has 0 radical (unpaired) electrons. The number of rotatable bonds is 16. The summed E-state index contributed by atoms with van der Waals surface area (Å²) in [6.45, 7) is -1.96. The molecule has 5 aromatic rings. The number of carbonyl (C=O) groups is 1. The fraction of sp³-hybridized carbons (Fsp3) is 0.138. The number of phenols is 2. The molecule has 59 heavy (non-hydrogen) atoms. The van der Waals surface area contributed by atoms with Crippen LogP contribution in [0.25, 0.3) is 10.8 Å². The molecule has 1 aromatic heterocycles. The monoisotopic (exact) mass is 882 g/mol. The van der Waals surface area contributed by atoms with Gasteiger partial charge in [0.15, 0.2) is 11.5 Å². The molecule has 0 aliphatic rings. The van der Waals surface area contributed by atoms with Crippen molar-refractivity contribution in [1.82, 2.24) is 15.2 Å². The number of aromatic amines is 1. The van der Waals surface area contributed by atoms with Crippen LogP contribution in [-0.4, -0.2) is 112 Å². The number of nitrogen functional groups attached to an aromatic ring is 1. The van der Waals surface area contributed by atoms with Crippen molar-refractivity contribution >= 4 is 87.2 Å². The number of azo groups is 3. The van der Waals surface area contributed by atoms with Gasteiger partial charge >= 0.3 is 5.97 Å². The van der Waals surface area contributed by atoms with Gasteiger partial charge < -0.3 is 40.7 Å². The number of nitrogens with one attached hydrogen (secondary N) is 1. The van der Waals surface area contributed by atoms with E-state index in [1.807, 2.05) is 0 Å². The summed E-state index contributed by atoms with van der Waals surface area (Å²) in [5, 5.41) is 77.8. The number of benzene rings is 4. The third kappa shape index (κ3) is 9.84. The topological polar surface area (TPSA) is 442 Å². The number of nitrogens with two attached hydrogens (primary N) is 1. The molecule has 0 bridgehead atoms. The van der Waals surface area contributed by atoms with Gasteiger partial charge in [-0.05, 0) is 35.7 Å². The van der Waals surface area contributed by atoms with Crippen LogP contribution in [0.1, 0.15) is 10.6 Å². The van der Waals surface area contributed by atoms with Gasteiger partial charge in [0.2, 0.25) is 5.82 Å². The highest BCUT2D eigenvalue weighted by atomic mass is 32.2. The Bertz CT molecular complexity index is 2920. The average Bonchev–Trinajstić information content (AvgIpc) is 3.63. The van der Waals surface area contributed by atoms with Crippen molar-refractivity contribution in [3.05, 3.63) is 48.3 Å². The summed E-state index contributed by atoms with van der Waals surface area (Å²) in [6, 6.07) is 6.41. The summed E-state index contributed by atoms with van der Waals surface area (Å²) in [5.74, 6) is -6.09. The van der Waals surface area contributed by atoms with Crippen LogP contribution < -0.4 is 15.2 Å². The predicted octanol–water partition coefficient (Wildman–Crippen LogP) is 3.38. The van der Waals surface area contributed by atoms with Gasteiger partial charge in [-0.1, -0.05) is 0 Å². The number of hydrogen-bond acceptors (Lipinski definition) is 22. The van der Waals surface area contributed by atoms with Gasteiger partial charge in [-0.2, -0.15) is 25.3 Å². The van der Waals surface area contributed by atoms with Crippen LogP contribution >= 0.6 is 0 Å². The molecular formula is C29H26N10O17S3. The van der Waals surface area contributed by atoms with Crippen LogP contribution in [0.2, 0.25) is 0 Å². The molecule has 5 rings (SSSR count). The lowest BCUT2D eigenvalue weighted by atomic mass is 10.1. The van der Waals surface area contributed by atoms with Crippen molar-refractivity contribution in [1.29, 1.82) is 0 Å². The van der Waals surface area contributed by atoms with Crippen molar-refractivity contribution in [3.8, 4) is 23.0 Å². The maximum Gasteiger partial charge on any atom is 0.373 e. The Hall–Kier alpha value is -6.80. The van der Waals surface area contributed by atoms with Crippen molar-refractivity contribution in [2.24, 2.45) is 30.7 Å². The molecule has 0 saturated carbocycles. The molecule has 0 amide bonds. The molecule has 312 valence electrons. The first-order valence-corrected chi connectivity index (χ1v) is 19.9. The Kier molecular flexibility index (Phi) is 12.5. The number of phenolic OH excluding ortho intramolecular Hbond substituents is 2. The normalized spacial score (nSPS) is 12.6. The molecule has 0 atom stereocenters. The third-order valence-corrected chi connectivity index (χ3v) is 9.87. The van der Waals surface area contributed by atoms with Crippen molar-refractivity contribution in [2.45, 2.75) is 14.7 Å². The van der Waals surface area contributed by atoms with Gasteiger partial charge in [0.1, 0.15) is 67.8 Å². The van der Waals surface area contributed by atoms with Crippen LogP contribution in [0, 0.1) is 0 Å². The van der Waals surface area contributed by atoms with Gasteiger partial charge in [0.05, 0.1) is 18.6 Å². The minimum Gasteiger partial charge on any atom is -0.505 e. The maximum atomic E-state index is 12.6. The number of carboxylic acid groups (broad SMARTS) is 1. The van der Waals surface area contributed by atoms with E-state index in [0.29, 0.717) is 12.1 Å². The molecule has 0 fully saturated rings. The molecular weight excluding hydrogens is 857 g/mol. The summed E-state index contributed by atoms with van der Waals surface area (Å²) < 4.78 is 114. The van der Waals surface area contributed by atoms with Gasteiger partial charge in [-0.25, -0.2) is 4.79 Å². The van der Waals surface area contributed by atoms with Crippen LogP contribution in [0.4, 0.5) is 40.1 Å². The first kappa shape index (κ1) is 43.3. The maximum absolute atomic E-state index is 12.6. The van der Waals surface area contributed by atoms with E-state index >= 15 is 0 Å². The van der Waals surface area contributed by atoms with E-state index in [9.17, 15) is 64.1 Å². The number of H-pyrrole nitrogens is 1. The number of aromatic nitrogens is 3. The first-order valence-electron chi connectivity index (χ1n) is 15.6. The van der Waals surface area contributed by atoms with Gasteiger partial charge in [0, 0.05) is 17.8 Å². The average molecular weight is 883 g/mol. The zero-order chi connectivity index (χ0) is 43.4. The molecule has 1 heterocycles. The first-order chi connectivity index (χ1) is 27.6. The largest absolute Gasteiger partial charge is 0.505 e. The fourth-order valence-electron chi connectivity index (χ4n) is 4.81. The van der Waals surface area contributed by atoms with Crippen molar-refractivity contribution < 1.29 is 78.7 Å². The minimum absolute atomic E-state index is 0.0444. The zero-order valence-corrected chi connectivity index (χ0v) is 31.5. The second kappa shape index (κ2) is 17.0. The van der Waals surface area contributed by atoms with Crippen LogP contribution in [-0.2, 0) is 30.4 Å². The smallest absolute Gasteiger partial charge is 0.373 e. The summed E-state index contributed by atoms with van der Waals surface area (Å²) >= 11 is 0.